The number of unbranched alkanes of at least 4 members (excludes halogenated alkanes) is 2. The average Bonchev–Trinajstić information content (AvgIpc) is 3.27. The van der Waals surface area contributed by atoms with E-state index in [9.17, 15) is 13.2 Å². The Balaban J connectivity index is 1.78. The quantitative estimate of drug-likeness (QED) is 0.0770. The molecule has 0 spiro atoms. The van der Waals surface area contributed by atoms with Gasteiger partial charge in [-0.1, -0.05) is 50.5 Å². The van der Waals surface area contributed by atoms with Gasteiger partial charge in [-0.15, -0.1) is 0 Å². The van der Waals surface area contributed by atoms with Crippen LogP contribution in [-0.2, 0) is 42.8 Å². The van der Waals surface area contributed by atoms with Crippen molar-refractivity contribution in [2.24, 2.45) is 11.8 Å². The van der Waals surface area contributed by atoms with Gasteiger partial charge in [0.2, 0.25) is 0 Å². The van der Waals surface area contributed by atoms with Gasteiger partial charge < -0.3 is 23.7 Å². The molecule has 3 fully saturated rings. The first kappa shape index (κ1) is 35.2. The van der Waals surface area contributed by atoms with E-state index in [2.05, 4.69) is 25.2 Å². The third-order valence-electron chi connectivity index (χ3n) is 8.31. The Hall–Kier alpha value is -1.30. The number of allylic oxidation sites excluding steroid dienone is 2. The molecule has 0 aromatic carbocycles. The highest BCUT2D eigenvalue weighted by atomic mass is 32.2. The minimum Gasteiger partial charge on any atom is -0.469 e. The van der Waals surface area contributed by atoms with E-state index in [4.69, 9.17) is 27.9 Å². The van der Waals surface area contributed by atoms with E-state index in [-0.39, 0.29) is 42.6 Å². The maximum absolute atomic E-state index is 12.3. The summed E-state index contributed by atoms with van der Waals surface area (Å²) in [6.45, 7) is 3.60. The average molecular weight is 615 g/mol. The lowest BCUT2D eigenvalue weighted by Crippen LogP contribution is -2.31. The second-order valence-corrected chi connectivity index (χ2v) is 13.4. The minimum absolute atomic E-state index is 0.0599. The van der Waals surface area contributed by atoms with Crippen molar-refractivity contribution in [2.75, 3.05) is 26.6 Å². The summed E-state index contributed by atoms with van der Waals surface area (Å²) in [6, 6.07) is 0. The molecular weight excluding hydrogens is 560 g/mol. The molecule has 2 aliphatic heterocycles. The van der Waals surface area contributed by atoms with Crippen molar-refractivity contribution in [1.82, 2.24) is 0 Å². The van der Waals surface area contributed by atoms with Gasteiger partial charge in [-0.3, -0.25) is 8.98 Å². The molecule has 0 aromatic rings. The van der Waals surface area contributed by atoms with Crippen molar-refractivity contribution in [3.8, 4) is 0 Å². The molecule has 2 heterocycles. The standard InChI is InChI=1S/C32H54O9S/c1-4-5-8-15-25(39-31-18-11-13-22-37-31)20-21-27-26(16-9-6-7-10-17-30(33)36-2)29(41-42(3,34)35)24-28(27)40-32-19-12-14-23-38-32/h6-7,20-21,25-29,31-32H,4-5,8-19,22-24H2,1-3H3/b7-6-,21-20+/t25-,26+,27+,28+,29+,31?,32?/m0/s1. The maximum Gasteiger partial charge on any atom is 0.305 e. The van der Waals surface area contributed by atoms with E-state index in [1.165, 1.54) is 7.11 Å². The molecule has 3 aliphatic rings. The molecule has 1 aliphatic carbocycles. The molecular formula is C32H54O9S. The van der Waals surface area contributed by atoms with Gasteiger partial charge in [-0.2, -0.15) is 8.42 Å². The number of methoxy groups -OCH3 is 1. The first-order valence-electron chi connectivity index (χ1n) is 16.1. The highest BCUT2D eigenvalue weighted by molar-refractivity contribution is 7.86. The second-order valence-electron chi connectivity index (χ2n) is 11.8. The maximum atomic E-state index is 12.3. The molecule has 0 N–H and O–H groups in total. The zero-order valence-electron chi connectivity index (χ0n) is 26.0. The summed E-state index contributed by atoms with van der Waals surface area (Å²) in [7, 11) is -2.27. The van der Waals surface area contributed by atoms with Crippen molar-refractivity contribution in [2.45, 2.75) is 134 Å². The number of carbonyl (C=O) groups excluding carboxylic acids is 1. The van der Waals surface area contributed by atoms with Crippen molar-refractivity contribution in [3.05, 3.63) is 24.3 Å². The second kappa shape index (κ2) is 19.2. The summed E-state index contributed by atoms with van der Waals surface area (Å²) < 4.78 is 59.7. The summed E-state index contributed by atoms with van der Waals surface area (Å²) in [5, 5.41) is 0. The van der Waals surface area contributed by atoms with E-state index in [1.54, 1.807) is 0 Å². The molecule has 10 heteroatoms. The normalized spacial score (nSPS) is 29.8. The van der Waals surface area contributed by atoms with Crippen molar-refractivity contribution in [3.63, 3.8) is 0 Å². The van der Waals surface area contributed by atoms with Crippen LogP contribution in [0.25, 0.3) is 0 Å². The minimum atomic E-state index is -3.66. The van der Waals surface area contributed by atoms with E-state index < -0.39 is 16.2 Å². The van der Waals surface area contributed by atoms with Gasteiger partial charge in [-0.25, -0.2) is 0 Å². The molecule has 42 heavy (non-hydrogen) atoms. The van der Waals surface area contributed by atoms with E-state index in [0.717, 1.165) is 89.9 Å². The lowest BCUT2D eigenvalue weighted by atomic mass is 9.88. The summed E-state index contributed by atoms with van der Waals surface area (Å²) in [4.78, 5) is 11.4. The van der Waals surface area contributed by atoms with Crippen molar-refractivity contribution < 1.29 is 41.1 Å². The lowest BCUT2D eigenvalue weighted by Gasteiger charge is -2.30. The van der Waals surface area contributed by atoms with Crippen LogP contribution in [0.15, 0.2) is 24.3 Å². The molecule has 0 amide bonds. The van der Waals surface area contributed by atoms with Crippen LogP contribution in [0.3, 0.4) is 0 Å². The molecule has 7 atom stereocenters. The lowest BCUT2D eigenvalue weighted by molar-refractivity contribution is -0.193. The van der Waals surface area contributed by atoms with Crippen LogP contribution < -0.4 is 0 Å². The summed E-state index contributed by atoms with van der Waals surface area (Å²) in [5.74, 6) is -0.367. The summed E-state index contributed by atoms with van der Waals surface area (Å²) >= 11 is 0. The molecule has 242 valence electrons. The number of ether oxygens (including phenoxy) is 5. The first-order valence-corrected chi connectivity index (χ1v) is 17.9. The topological polar surface area (TPSA) is 107 Å². The fourth-order valence-electron chi connectivity index (χ4n) is 6.12. The largest absolute Gasteiger partial charge is 0.469 e. The Morgan fingerprint density at radius 3 is 2.33 bits per heavy atom. The summed E-state index contributed by atoms with van der Waals surface area (Å²) in [6.07, 6.45) is 21.3. The third kappa shape index (κ3) is 13.1. The predicted molar refractivity (Wildman–Crippen MR) is 161 cm³/mol. The van der Waals surface area contributed by atoms with Crippen molar-refractivity contribution in [1.29, 1.82) is 0 Å². The van der Waals surface area contributed by atoms with Crippen LogP contribution in [0.4, 0.5) is 0 Å². The number of esters is 1. The van der Waals surface area contributed by atoms with Gasteiger partial charge in [-0.05, 0) is 70.1 Å². The molecule has 0 bridgehead atoms. The Morgan fingerprint density at radius 1 is 0.976 bits per heavy atom. The Labute approximate surface area is 253 Å². The number of carbonyl (C=O) groups is 1. The highest BCUT2D eigenvalue weighted by Gasteiger charge is 2.45. The zero-order chi connectivity index (χ0) is 30.2. The van der Waals surface area contributed by atoms with Crippen LogP contribution in [0, 0.1) is 11.8 Å². The van der Waals surface area contributed by atoms with E-state index >= 15 is 0 Å². The van der Waals surface area contributed by atoms with Crippen molar-refractivity contribution >= 4 is 16.1 Å². The molecule has 2 saturated heterocycles. The Bertz CT molecular complexity index is 922. The zero-order valence-corrected chi connectivity index (χ0v) is 26.8. The number of hydrogen-bond acceptors (Lipinski definition) is 9. The van der Waals surface area contributed by atoms with E-state index in [1.807, 2.05) is 6.08 Å². The Morgan fingerprint density at radius 2 is 1.69 bits per heavy atom. The van der Waals surface area contributed by atoms with Crippen LogP contribution in [0.1, 0.15) is 103 Å². The smallest absolute Gasteiger partial charge is 0.305 e. The van der Waals surface area contributed by atoms with Gasteiger partial charge in [0.25, 0.3) is 10.1 Å². The van der Waals surface area contributed by atoms with Crippen LogP contribution in [-0.4, -0.2) is 71.9 Å². The molecule has 9 nitrogen and oxygen atoms in total. The van der Waals surface area contributed by atoms with Gasteiger partial charge in [0.15, 0.2) is 12.6 Å². The van der Waals surface area contributed by atoms with E-state index in [0.29, 0.717) is 25.9 Å². The van der Waals surface area contributed by atoms with Gasteiger partial charge in [0.05, 0.1) is 31.7 Å². The summed E-state index contributed by atoms with van der Waals surface area (Å²) in [5.41, 5.74) is 0. The fourth-order valence-corrected chi connectivity index (χ4v) is 6.79. The third-order valence-corrected chi connectivity index (χ3v) is 8.91. The predicted octanol–water partition coefficient (Wildman–Crippen LogP) is 6.22. The molecule has 0 radical (unpaired) electrons. The SMILES string of the molecule is CCCCC[C@@H](/C=C/[C@@H]1[C@@H](CC/C=C\CCC(=O)OC)[C@H](OS(C)(=O)=O)C[C@H]1OC1CCCCO1)OC1CCCCO1. The Kier molecular flexibility index (Phi) is 16.1. The number of hydrogen-bond donors (Lipinski definition) is 0. The van der Waals surface area contributed by atoms with Gasteiger partial charge in [0, 0.05) is 32.0 Å². The van der Waals surface area contributed by atoms with Crippen LogP contribution >= 0.6 is 0 Å². The molecule has 1 saturated carbocycles. The highest BCUT2D eigenvalue weighted by Crippen LogP contribution is 2.42. The van der Waals surface area contributed by atoms with Gasteiger partial charge in [0.1, 0.15) is 0 Å². The molecule has 3 rings (SSSR count). The first-order chi connectivity index (χ1) is 20.3. The molecule has 2 unspecified atom stereocenters. The molecule has 0 aromatic heterocycles. The fraction of sp³-hybridized carbons (Fsp3) is 0.844. The number of rotatable bonds is 18. The van der Waals surface area contributed by atoms with Crippen LogP contribution in [0.2, 0.25) is 0 Å². The monoisotopic (exact) mass is 614 g/mol. The van der Waals surface area contributed by atoms with Gasteiger partial charge >= 0.3 is 5.97 Å². The van der Waals surface area contributed by atoms with Crippen LogP contribution in [0.5, 0.6) is 0 Å².